The fourth-order valence-corrected chi connectivity index (χ4v) is 2.38. The number of aryl methyl sites for hydroxylation is 3. The van der Waals surface area contributed by atoms with Gasteiger partial charge in [-0.1, -0.05) is 12.1 Å². The molecule has 0 unspecified atom stereocenters. The quantitative estimate of drug-likeness (QED) is 0.855. The van der Waals surface area contributed by atoms with Crippen molar-refractivity contribution < 1.29 is 9.53 Å². The number of anilines is 1. The van der Waals surface area contributed by atoms with Crippen LogP contribution in [0.2, 0.25) is 0 Å². The fraction of sp³-hybridized carbons (Fsp3) is 0.211. The van der Waals surface area contributed by atoms with Gasteiger partial charge in [-0.25, -0.2) is 0 Å². The van der Waals surface area contributed by atoms with E-state index in [4.69, 9.17) is 4.74 Å². The van der Waals surface area contributed by atoms with Crippen LogP contribution in [-0.2, 0) is 4.79 Å². The topological polar surface area (TPSA) is 38.3 Å². The normalized spacial score (nSPS) is 10.7. The van der Waals surface area contributed by atoms with Crippen molar-refractivity contribution in [2.45, 2.75) is 20.8 Å². The van der Waals surface area contributed by atoms with Crippen LogP contribution < -0.4 is 10.1 Å². The molecule has 1 N–H and O–H groups in total. The first-order valence-corrected chi connectivity index (χ1v) is 7.20. The summed E-state index contributed by atoms with van der Waals surface area (Å²) < 4.78 is 5.24. The Kier molecular flexibility index (Phi) is 4.99. The first-order chi connectivity index (χ1) is 10.5. The lowest BCUT2D eigenvalue weighted by atomic mass is 10.0. The van der Waals surface area contributed by atoms with Crippen LogP contribution in [0.3, 0.4) is 0 Å². The molecule has 0 fully saturated rings. The van der Waals surface area contributed by atoms with Crippen molar-refractivity contribution in [1.29, 1.82) is 0 Å². The van der Waals surface area contributed by atoms with Gasteiger partial charge in [0.15, 0.2) is 0 Å². The van der Waals surface area contributed by atoms with E-state index < -0.39 is 0 Å². The first-order valence-electron chi connectivity index (χ1n) is 7.20. The minimum absolute atomic E-state index is 0.139. The van der Waals surface area contributed by atoms with Gasteiger partial charge in [0.05, 0.1) is 7.11 Å². The summed E-state index contributed by atoms with van der Waals surface area (Å²) in [5, 5.41) is 2.86. The van der Waals surface area contributed by atoms with E-state index in [9.17, 15) is 4.79 Å². The van der Waals surface area contributed by atoms with E-state index >= 15 is 0 Å². The number of hydrogen-bond acceptors (Lipinski definition) is 2. The van der Waals surface area contributed by atoms with Crippen LogP contribution in [0.5, 0.6) is 5.75 Å². The number of benzene rings is 2. The molecule has 0 aliphatic heterocycles. The van der Waals surface area contributed by atoms with Gasteiger partial charge in [-0.2, -0.15) is 0 Å². The summed E-state index contributed by atoms with van der Waals surface area (Å²) in [4.78, 5) is 12.0. The highest BCUT2D eigenvalue weighted by atomic mass is 16.5. The van der Waals surface area contributed by atoms with E-state index in [1.807, 2.05) is 63.2 Å². The second-order valence-electron chi connectivity index (χ2n) is 5.37. The van der Waals surface area contributed by atoms with Crippen LogP contribution in [0, 0.1) is 20.8 Å². The van der Waals surface area contributed by atoms with Gasteiger partial charge in [-0.15, -0.1) is 0 Å². The molecule has 0 saturated carbocycles. The molecule has 0 heterocycles. The van der Waals surface area contributed by atoms with Gasteiger partial charge in [0, 0.05) is 11.8 Å². The van der Waals surface area contributed by atoms with Gasteiger partial charge in [0.1, 0.15) is 5.75 Å². The number of carbonyl (C=O) groups excluding carboxylic acids is 1. The molecule has 3 heteroatoms. The van der Waals surface area contributed by atoms with Crippen molar-refractivity contribution in [1.82, 2.24) is 0 Å². The Morgan fingerprint density at radius 1 is 1.09 bits per heavy atom. The van der Waals surface area contributed by atoms with E-state index in [1.165, 1.54) is 0 Å². The van der Waals surface area contributed by atoms with E-state index in [1.54, 1.807) is 13.2 Å². The minimum atomic E-state index is -0.139. The largest absolute Gasteiger partial charge is 0.497 e. The SMILES string of the molecule is COc1cc(C)c(/C=C/C(=O)Nc2cccc(C)c2)c(C)c1. The number of nitrogens with one attached hydrogen (secondary N) is 1. The van der Waals surface area contributed by atoms with Crippen molar-refractivity contribution in [3.63, 3.8) is 0 Å². The summed E-state index contributed by atoms with van der Waals surface area (Å²) in [6.45, 7) is 6.01. The molecule has 0 aromatic heterocycles. The molecule has 0 aliphatic rings. The molecule has 0 atom stereocenters. The van der Waals surface area contributed by atoms with Gasteiger partial charge in [0.2, 0.25) is 5.91 Å². The van der Waals surface area contributed by atoms with E-state index in [2.05, 4.69) is 5.32 Å². The maximum absolute atomic E-state index is 12.0. The summed E-state index contributed by atoms with van der Waals surface area (Å²) >= 11 is 0. The first kappa shape index (κ1) is 15.8. The van der Waals surface area contributed by atoms with Crippen molar-refractivity contribution in [2.75, 3.05) is 12.4 Å². The zero-order valence-electron chi connectivity index (χ0n) is 13.4. The molecule has 0 aliphatic carbocycles. The number of hydrogen-bond donors (Lipinski definition) is 1. The van der Waals surface area contributed by atoms with Crippen LogP contribution in [0.1, 0.15) is 22.3 Å². The van der Waals surface area contributed by atoms with Crippen LogP contribution >= 0.6 is 0 Å². The Labute approximate surface area is 131 Å². The van der Waals surface area contributed by atoms with E-state index in [-0.39, 0.29) is 5.91 Å². The second-order valence-corrected chi connectivity index (χ2v) is 5.37. The average molecular weight is 295 g/mol. The monoisotopic (exact) mass is 295 g/mol. The lowest BCUT2D eigenvalue weighted by Crippen LogP contribution is -2.07. The van der Waals surface area contributed by atoms with Crippen molar-refractivity contribution in [2.24, 2.45) is 0 Å². The Morgan fingerprint density at radius 3 is 2.36 bits per heavy atom. The summed E-state index contributed by atoms with van der Waals surface area (Å²) in [6, 6.07) is 11.7. The van der Waals surface area contributed by atoms with E-state index in [0.717, 1.165) is 33.7 Å². The summed E-state index contributed by atoms with van der Waals surface area (Å²) in [5.74, 6) is 0.691. The number of amides is 1. The molecular formula is C19H21NO2. The Morgan fingerprint density at radius 2 is 1.77 bits per heavy atom. The van der Waals surface area contributed by atoms with Crippen molar-refractivity contribution >= 4 is 17.7 Å². The molecule has 0 spiro atoms. The van der Waals surface area contributed by atoms with E-state index in [0.29, 0.717) is 0 Å². The van der Waals surface area contributed by atoms with Gasteiger partial charge >= 0.3 is 0 Å². The fourth-order valence-electron chi connectivity index (χ4n) is 2.38. The predicted molar refractivity (Wildman–Crippen MR) is 91.3 cm³/mol. The summed E-state index contributed by atoms with van der Waals surface area (Å²) in [5.41, 5.74) is 5.12. The zero-order chi connectivity index (χ0) is 16.1. The third-order valence-electron chi connectivity index (χ3n) is 3.49. The molecule has 2 aromatic rings. The van der Waals surface area contributed by atoms with Gasteiger partial charge in [-0.05, 0) is 73.4 Å². The Balaban J connectivity index is 2.13. The minimum Gasteiger partial charge on any atom is -0.497 e. The van der Waals surface area contributed by atoms with Crippen LogP contribution in [0.4, 0.5) is 5.69 Å². The lowest BCUT2D eigenvalue weighted by molar-refractivity contribution is -0.111. The predicted octanol–water partition coefficient (Wildman–Crippen LogP) is 4.27. The molecule has 0 saturated heterocycles. The second kappa shape index (κ2) is 6.94. The Bertz CT molecular complexity index is 694. The van der Waals surface area contributed by atoms with Crippen molar-refractivity contribution in [3.05, 3.63) is 64.7 Å². The Hall–Kier alpha value is -2.55. The highest BCUT2D eigenvalue weighted by molar-refractivity contribution is 6.02. The molecule has 2 rings (SSSR count). The molecule has 0 radical (unpaired) electrons. The third-order valence-corrected chi connectivity index (χ3v) is 3.49. The van der Waals surface area contributed by atoms with Crippen molar-refractivity contribution in [3.8, 4) is 5.75 Å². The number of ether oxygens (including phenoxy) is 1. The maximum Gasteiger partial charge on any atom is 0.248 e. The molecule has 114 valence electrons. The number of methoxy groups -OCH3 is 1. The van der Waals surface area contributed by atoms with Gasteiger partial charge < -0.3 is 10.1 Å². The maximum atomic E-state index is 12.0. The third kappa shape index (κ3) is 3.98. The summed E-state index contributed by atoms with van der Waals surface area (Å²) in [7, 11) is 1.65. The molecular weight excluding hydrogens is 274 g/mol. The number of carbonyl (C=O) groups is 1. The molecule has 1 amide bonds. The van der Waals surface area contributed by atoms with Crippen LogP contribution in [-0.4, -0.2) is 13.0 Å². The summed E-state index contributed by atoms with van der Waals surface area (Å²) in [6.07, 6.45) is 3.40. The average Bonchev–Trinajstić information content (AvgIpc) is 2.46. The molecule has 0 bridgehead atoms. The molecule has 2 aromatic carbocycles. The highest BCUT2D eigenvalue weighted by Crippen LogP contribution is 2.22. The van der Waals surface area contributed by atoms with Crippen LogP contribution in [0.25, 0.3) is 6.08 Å². The van der Waals surface area contributed by atoms with Gasteiger partial charge in [0.25, 0.3) is 0 Å². The lowest BCUT2D eigenvalue weighted by Gasteiger charge is -2.09. The smallest absolute Gasteiger partial charge is 0.248 e. The number of rotatable bonds is 4. The zero-order valence-corrected chi connectivity index (χ0v) is 13.4. The standard InChI is InChI=1S/C19H21NO2/c1-13-6-5-7-16(10-13)20-19(21)9-8-18-14(2)11-17(22-4)12-15(18)3/h5-12H,1-4H3,(H,20,21)/b9-8+. The molecule has 22 heavy (non-hydrogen) atoms. The van der Waals surface area contributed by atoms with Gasteiger partial charge in [-0.3, -0.25) is 4.79 Å². The highest BCUT2D eigenvalue weighted by Gasteiger charge is 2.04. The molecule has 3 nitrogen and oxygen atoms in total. The van der Waals surface area contributed by atoms with Crippen LogP contribution in [0.15, 0.2) is 42.5 Å².